The van der Waals surface area contributed by atoms with E-state index in [1.807, 2.05) is 24.3 Å². The van der Waals surface area contributed by atoms with Crippen molar-refractivity contribution in [2.75, 3.05) is 31.1 Å². The number of hydrogen-bond acceptors (Lipinski definition) is 4. The Morgan fingerprint density at radius 2 is 1.86 bits per heavy atom. The highest BCUT2D eigenvalue weighted by Crippen LogP contribution is 2.29. The fourth-order valence-electron chi connectivity index (χ4n) is 4.05. The third-order valence-corrected chi connectivity index (χ3v) is 5.70. The average molecular weight is 386 g/mol. The van der Waals surface area contributed by atoms with Crippen LogP contribution in [0.15, 0.2) is 24.3 Å². The number of hydrogen-bond donors (Lipinski definition) is 0. The number of likely N-dealkylation sites (tertiary alicyclic amines) is 1. The van der Waals surface area contributed by atoms with Gasteiger partial charge in [0.2, 0.25) is 11.8 Å². The Morgan fingerprint density at radius 1 is 1.14 bits per heavy atom. The maximum Gasteiger partial charge on any atom is 0.310 e. The minimum absolute atomic E-state index is 0.0189. The summed E-state index contributed by atoms with van der Waals surface area (Å²) in [6.07, 6.45) is 1.77. The van der Waals surface area contributed by atoms with Crippen LogP contribution in [0.2, 0.25) is 0 Å². The van der Waals surface area contributed by atoms with E-state index in [1.54, 1.807) is 16.7 Å². The van der Waals surface area contributed by atoms with Gasteiger partial charge in [-0.25, -0.2) is 0 Å². The van der Waals surface area contributed by atoms with Crippen LogP contribution in [0.1, 0.15) is 51.5 Å². The summed E-state index contributed by atoms with van der Waals surface area (Å²) in [5.41, 5.74) is 2.06. The first kappa shape index (κ1) is 20.4. The van der Waals surface area contributed by atoms with Crippen LogP contribution in [0, 0.1) is 11.8 Å². The summed E-state index contributed by atoms with van der Waals surface area (Å²) in [6.45, 7) is 7.84. The molecule has 0 saturated carbocycles. The van der Waals surface area contributed by atoms with Gasteiger partial charge >= 0.3 is 5.97 Å². The molecule has 0 aromatic heterocycles. The lowest BCUT2D eigenvalue weighted by Gasteiger charge is -2.33. The van der Waals surface area contributed by atoms with Crippen molar-refractivity contribution >= 4 is 23.5 Å². The lowest BCUT2D eigenvalue weighted by atomic mass is 9.96. The first-order valence-electron chi connectivity index (χ1n) is 10.3. The number of carbonyl (C=O) groups excluding carboxylic acids is 3. The molecule has 1 aromatic carbocycles. The molecule has 6 nitrogen and oxygen atoms in total. The summed E-state index contributed by atoms with van der Waals surface area (Å²) >= 11 is 0. The Bertz CT molecular complexity index is 729. The molecule has 1 aromatic rings. The van der Waals surface area contributed by atoms with Crippen LogP contribution in [0.4, 0.5) is 5.69 Å². The molecule has 28 heavy (non-hydrogen) atoms. The van der Waals surface area contributed by atoms with Gasteiger partial charge in [0.15, 0.2) is 0 Å². The van der Waals surface area contributed by atoms with E-state index < -0.39 is 0 Å². The van der Waals surface area contributed by atoms with E-state index in [0.717, 1.165) is 18.5 Å². The summed E-state index contributed by atoms with van der Waals surface area (Å²) in [6, 6.07) is 7.99. The highest BCUT2D eigenvalue weighted by atomic mass is 16.5. The summed E-state index contributed by atoms with van der Waals surface area (Å²) in [5.74, 6) is -0.440. The quantitative estimate of drug-likeness (QED) is 0.730. The van der Waals surface area contributed by atoms with Gasteiger partial charge in [-0.2, -0.15) is 0 Å². The third kappa shape index (κ3) is 4.37. The first-order valence-corrected chi connectivity index (χ1v) is 10.3. The van der Waals surface area contributed by atoms with Gasteiger partial charge in [0.05, 0.1) is 18.4 Å². The molecule has 0 radical (unpaired) electrons. The minimum Gasteiger partial charge on any atom is -0.466 e. The van der Waals surface area contributed by atoms with Gasteiger partial charge in [0.1, 0.15) is 0 Å². The number of esters is 1. The molecule has 2 saturated heterocycles. The van der Waals surface area contributed by atoms with Gasteiger partial charge in [0, 0.05) is 31.7 Å². The Morgan fingerprint density at radius 3 is 2.50 bits per heavy atom. The molecule has 0 spiro atoms. The molecule has 2 amide bonds. The minimum atomic E-state index is -0.349. The largest absolute Gasteiger partial charge is 0.466 e. The molecule has 152 valence electrons. The smallest absolute Gasteiger partial charge is 0.310 e. The molecular weight excluding hydrogens is 356 g/mol. The molecule has 3 rings (SSSR count). The fourth-order valence-corrected chi connectivity index (χ4v) is 4.05. The topological polar surface area (TPSA) is 66.9 Å². The Labute approximate surface area is 166 Å². The Hall–Kier alpha value is -2.37. The maximum absolute atomic E-state index is 13.0. The van der Waals surface area contributed by atoms with Crippen molar-refractivity contribution in [3.8, 4) is 0 Å². The fraction of sp³-hybridized carbons (Fsp3) is 0.591. The number of rotatable bonds is 5. The van der Waals surface area contributed by atoms with E-state index >= 15 is 0 Å². The van der Waals surface area contributed by atoms with E-state index in [2.05, 4.69) is 13.8 Å². The lowest BCUT2D eigenvalue weighted by Crippen LogP contribution is -2.45. The predicted molar refractivity (Wildman–Crippen MR) is 107 cm³/mol. The lowest BCUT2D eigenvalue weighted by molar-refractivity contribution is -0.152. The summed E-state index contributed by atoms with van der Waals surface area (Å²) < 4.78 is 5.11. The van der Waals surface area contributed by atoms with Crippen molar-refractivity contribution in [2.24, 2.45) is 11.8 Å². The molecule has 6 heteroatoms. The van der Waals surface area contributed by atoms with E-state index in [9.17, 15) is 14.4 Å². The second-order valence-corrected chi connectivity index (χ2v) is 8.03. The monoisotopic (exact) mass is 386 g/mol. The van der Waals surface area contributed by atoms with Gasteiger partial charge in [-0.3, -0.25) is 14.4 Å². The highest BCUT2D eigenvalue weighted by molar-refractivity contribution is 6.00. The summed E-state index contributed by atoms with van der Waals surface area (Å²) in [7, 11) is 0. The molecule has 2 fully saturated rings. The van der Waals surface area contributed by atoms with Crippen LogP contribution in [-0.4, -0.2) is 48.9 Å². The van der Waals surface area contributed by atoms with E-state index in [4.69, 9.17) is 4.74 Å². The SMILES string of the molecule is CCOC(=O)[C@H]1CCCN(C(=O)[C@@H]2CC(=O)N(c3ccc(C(C)C)cc3)C2)C1. The van der Waals surface area contributed by atoms with Crippen molar-refractivity contribution in [1.29, 1.82) is 0 Å². The van der Waals surface area contributed by atoms with Crippen molar-refractivity contribution in [2.45, 2.75) is 46.0 Å². The normalized spacial score (nSPS) is 22.6. The highest BCUT2D eigenvalue weighted by Gasteiger charge is 2.39. The number of nitrogens with zero attached hydrogens (tertiary/aromatic N) is 2. The van der Waals surface area contributed by atoms with E-state index in [1.165, 1.54) is 5.56 Å². The molecule has 0 N–H and O–H groups in total. The number of ether oxygens (including phenoxy) is 1. The van der Waals surface area contributed by atoms with Crippen LogP contribution < -0.4 is 4.90 Å². The number of anilines is 1. The van der Waals surface area contributed by atoms with Gasteiger partial charge in [-0.15, -0.1) is 0 Å². The summed E-state index contributed by atoms with van der Waals surface area (Å²) in [5, 5.41) is 0. The van der Waals surface area contributed by atoms with Crippen molar-refractivity contribution < 1.29 is 19.1 Å². The second kappa shape index (κ2) is 8.76. The van der Waals surface area contributed by atoms with Crippen molar-refractivity contribution in [3.63, 3.8) is 0 Å². The van der Waals surface area contributed by atoms with Crippen LogP contribution >= 0.6 is 0 Å². The van der Waals surface area contributed by atoms with Crippen LogP contribution in [-0.2, 0) is 19.1 Å². The standard InChI is InChI=1S/C22H30N2O4/c1-4-28-22(27)17-6-5-11-23(13-17)21(26)18-12-20(25)24(14-18)19-9-7-16(8-10-19)15(2)3/h7-10,15,17-18H,4-6,11-14H2,1-3H3/t17-,18+/m0/s1. The van der Waals surface area contributed by atoms with Crippen LogP contribution in [0.3, 0.4) is 0 Å². The van der Waals surface area contributed by atoms with Crippen molar-refractivity contribution in [1.82, 2.24) is 4.90 Å². The molecule has 2 aliphatic heterocycles. The zero-order valence-electron chi connectivity index (χ0n) is 17.0. The Kier molecular flexibility index (Phi) is 6.37. The molecule has 2 atom stereocenters. The van der Waals surface area contributed by atoms with Gasteiger partial charge in [-0.05, 0) is 43.4 Å². The molecule has 2 heterocycles. The zero-order valence-corrected chi connectivity index (χ0v) is 17.0. The number of benzene rings is 1. The maximum atomic E-state index is 13.0. The van der Waals surface area contributed by atoms with E-state index in [-0.39, 0.29) is 36.0 Å². The van der Waals surface area contributed by atoms with E-state index in [0.29, 0.717) is 32.2 Å². The number of amides is 2. The van der Waals surface area contributed by atoms with Crippen LogP contribution in [0.5, 0.6) is 0 Å². The van der Waals surface area contributed by atoms with Gasteiger partial charge in [-0.1, -0.05) is 26.0 Å². The Balaban J connectivity index is 1.64. The van der Waals surface area contributed by atoms with Gasteiger partial charge in [0.25, 0.3) is 0 Å². The second-order valence-electron chi connectivity index (χ2n) is 8.03. The third-order valence-electron chi connectivity index (χ3n) is 5.70. The predicted octanol–water partition coefficient (Wildman–Crippen LogP) is 2.96. The molecule has 2 aliphatic rings. The van der Waals surface area contributed by atoms with Crippen molar-refractivity contribution in [3.05, 3.63) is 29.8 Å². The number of piperidine rings is 1. The molecular formula is C22H30N2O4. The first-order chi connectivity index (χ1) is 13.4. The number of carbonyl (C=O) groups is 3. The molecule has 0 bridgehead atoms. The average Bonchev–Trinajstić information content (AvgIpc) is 3.09. The molecule has 0 aliphatic carbocycles. The molecule has 0 unspecified atom stereocenters. The van der Waals surface area contributed by atoms with Gasteiger partial charge < -0.3 is 14.5 Å². The zero-order chi connectivity index (χ0) is 20.3. The van der Waals surface area contributed by atoms with Crippen LogP contribution in [0.25, 0.3) is 0 Å². The summed E-state index contributed by atoms with van der Waals surface area (Å²) in [4.78, 5) is 41.0.